The smallest absolute Gasteiger partial charge is 0.294 e. The molecule has 0 saturated heterocycles. The number of nitrogens with zero attached hydrogens (tertiary/aromatic N) is 1. The number of carbonyl (C=O) groups is 1. The second kappa shape index (κ2) is 4.49. The number of amides is 1. The van der Waals surface area contributed by atoms with Crippen molar-refractivity contribution in [3.8, 4) is 5.75 Å². The number of anilines is 1. The summed E-state index contributed by atoms with van der Waals surface area (Å²) >= 11 is 3.40. The van der Waals surface area contributed by atoms with Crippen molar-refractivity contribution >= 4 is 27.5 Å². The van der Waals surface area contributed by atoms with Gasteiger partial charge >= 0.3 is 0 Å². The molecule has 1 amide bonds. The summed E-state index contributed by atoms with van der Waals surface area (Å²) in [6.45, 7) is 1.00. The van der Waals surface area contributed by atoms with Crippen LogP contribution in [-0.2, 0) is 0 Å². The van der Waals surface area contributed by atoms with Crippen LogP contribution in [0.4, 0.5) is 5.69 Å². The molecule has 4 nitrogen and oxygen atoms in total. The quantitative estimate of drug-likeness (QED) is 0.813. The van der Waals surface area contributed by atoms with Crippen LogP contribution in [0.2, 0.25) is 0 Å². The Morgan fingerprint density at radius 1 is 1.33 bits per heavy atom. The lowest BCUT2D eigenvalue weighted by Gasteiger charge is -2.29. The molecule has 5 heteroatoms. The topological polar surface area (TPSA) is 42.7 Å². The predicted molar refractivity (Wildman–Crippen MR) is 70.0 cm³/mol. The fourth-order valence-corrected chi connectivity index (χ4v) is 2.28. The Balaban J connectivity index is 2.01. The zero-order valence-corrected chi connectivity index (χ0v) is 11.0. The molecule has 0 N–H and O–H groups in total. The second-order valence-corrected chi connectivity index (χ2v) is 4.81. The number of ether oxygens (including phenoxy) is 1. The van der Waals surface area contributed by atoms with E-state index in [0.717, 1.165) is 10.2 Å². The van der Waals surface area contributed by atoms with Crippen molar-refractivity contribution < 1.29 is 13.9 Å². The van der Waals surface area contributed by atoms with Crippen molar-refractivity contribution in [1.82, 2.24) is 0 Å². The third kappa shape index (κ3) is 1.90. The number of rotatable bonds is 1. The average Bonchev–Trinajstić information content (AvgIpc) is 2.91. The second-order valence-electron chi connectivity index (χ2n) is 3.89. The van der Waals surface area contributed by atoms with E-state index >= 15 is 0 Å². The lowest BCUT2D eigenvalue weighted by atomic mass is 10.2. The van der Waals surface area contributed by atoms with E-state index in [0.29, 0.717) is 24.7 Å². The molecule has 3 rings (SSSR count). The van der Waals surface area contributed by atoms with E-state index < -0.39 is 0 Å². The lowest BCUT2D eigenvalue weighted by Crippen LogP contribution is -2.37. The van der Waals surface area contributed by atoms with Gasteiger partial charge in [0.25, 0.3) is 5.91 Å². The zero-order chi connectivity index (χ0) is 12.5. The molecule has 1 aliphatic rings. The minimum absolute atomic E-state index is 0.150. The van der Waals surface area contributed by atoms with Crippen LogP contribution in [0.15, 0.2) is 45.5 Å². The fourth-order valence-electron chi connectivity index (χ4n) is 1.94. The Hall–Kier alpha value is -1.75. The number of halogens is 1. The highest BCUT2D eigenvalue weighted by atomic mass is 79.9. The van der Waals surface area contributed by atoms with Crippen molar-refractivity contribution in [3.05, 3.63) is 46.8 Å². The number of fused-ring (bicyclic) bond motifs is 1. The molecule has 1 aromatic heterocycles. The number of carbonyl (C=O) groups excluding carboxylic acids is 1. The van der Waals surface area contributed by atoms with Gasteiger partial charge in [-0.15, -0.1) is 0 Å². The summed E-state index contributed by atoms with van der Waals surface area (Å²) in [6, 6.07) is 8.97. The van der Waals surface area contributed by atoms with Gasteiger partial charge in [-0.2, -0.15) is 0 Å². The number of furan rings is 1. The van der Waals surface area contributed by atoms with Gasteiger partial charge in [-0.3, -0.25) is 9.69 Å². The van der Waals surface area contributed by atoms with Crippen LogP contribution < -0.4 is 9.64 Å². The molecule has 0 saturated carbocycles. The monoisotopic (exact) mass is 307 g/mol. The van der Waals surface area contributed by atoms with E-state index in [1.165, 1.54) is 6.26 Å². The minimum atomic E-state index is -0.150. The van der Waals surface area contributed by atoms with Crippen molar-refractivity contribution in [3.63, 3.8) is 0 Å². The van der Waals surface area contributed by atoms with E-state index in [1.807, 2.05) is 18.2 Å². The lowest BCUT2D eigenvalue weighted by molar-refractivity contribution is 0.0950. The Bertz CT molecular complexity index is 580. The fraction of sp³-hybridized carbons (Fsp3) is 0.154. The Labute approximate surface area is 112 Å². The van der Waals surface area contributed by atoms with Gasteiger partial charge in [0, 0.05) is 4.47 Å². The first-order valence-corrected chi connectivity index (χ1v) is 6.33. The first-order chi connectivity index (χ1) is 8.75. The van der Waals surface area contributed by atoms with Gasteiger partial charge in [0.05, 0.1) is 18.5 Å². The third-order valence-corrected chi connectivity index (χ3v) is 3.25. The first-order valence-electron chi connectivity index (χ1n) is 5.53. The standard InChI is InChI=1S/C13H10BrNO3/c14-9-3-4-11-10(8-9)15(5-7-18-11)13(16)12-2-1-6-17-12/h1-4,6,8H,5,7H2. The zero-order valence-electron chi connectivity index (χ0n) is 9.43. The molecule has 92 valence electrons. The maximum absolute atomic E-state index is 12.3. The van der Waals surface area contributed by atoms with E-state index in [9.17, 15) is 4.79 Å². The highest BCUT2D eigenvalue weighted by molar-refractivity contribution is 9.10. The van der Waals surface area contributed by atoms with Crippen molar-refractivity contribution in [2.45, 2.75) is 0 Å². The highest BCUT2D eigenvalue weighted by Crippen LogP contribution is 2.34. The van der Waals surface area contributed by atoms with Gasteiger partial charge in [0.1, 0.15) is 12.4 Å². The Morgan fingerprint density at radius 2 is 2.22 bits per heavy atom. The molecule has 1 aromatic carbocycles. The van der Waals surface area contributed by atoms with Crippen molar-refractivity contribution in [2.75, 3.05) is 18.1 Å². The molecule has 0 radical (unpaired) electrons. The predicted octanol–water partition coefficient (Wildman–Crippen LogP) is 3.08. The van der Waals surface area contributed by atoms with E-state index in [1.54, 1.807) is 17.0 Å². The summed E-state index contributed by atoms with van der Waals surface area (Å²) in [5.41, 5.74) is 0.761. The molecule has 0 atom stereocenters. The van der Waals surface area contributed by atoms with Gasteiger partial charge in [-0.1, -0.05) is 15.9 Å². The van der Waals surface area contributed by atoms with Gasteiger partial charge in [-0.25, -0.2) is 0 Å². The molecule has 2 heterocycles. The molecular formula is C13H10BrNO3. The van der Waals surface area contributed by atoms with Crippen molar-refractivity contribution in [1.29, 1.82) is 0 Å². The summed E-state index contributed by atoms with van der Waals surface area (Å²) in [7, 11) is 0. The number of benzene rings is 1. The molecule has 0 bridgehead atoms. The van der Waals surface area contributed by atoms with E-state index in [-0.39, 0.29) is 5.91 Å². The molecule has 0 aliphatic carbocycles. The summed E-state index contributed by atoms with van der Waals surface area (Å²) in [6.07, 6.45) is 1.50. The van der Waals surface area contributed by atoms with E-state index in [4.69, 9.17) is 9.15 Å². The molecule has 0 fully saturated rings. The molecule has 0 spiro atoms. The van der Waals surface area contributed by atoms with Crippen LogP contribution in [0.1, 0.15) is 10.6 Å². The van der Waals surface area contributed by atoms with Crippen LogP contribution in [-0.4, -0.2) is 19.1 Å². The maximum atomic E-state index is 12.3. The number of hydrogen-bond donors (Lipinski definition) is 0. The van der Waals surface area contributed by atoms with Gasteiger partial charge in [-0.05, 0) is 30.3 Å². The van der Waals surface area contributed by atoms with Gasteiger partial charge in [0.2, 0.25) is 0 Å². The van der Waals surface area contributed by atoms with E-state index in [2.05, 4.69) is 15.9 Å². The third-order valence-electron chi connectivity index (χ3n) is 2.76. The molecule has 1 aliphatic heterocycles. The summed E-state index contributed by atoms with van der Waals surface area (Å²) in [5, 5.41) is 0. The SMILES string of the molecule is O=C(c1ccco1)N1CCOc2ccc(Br)cc21. The van der Waals surface area contributed by atoms with Crippen LogP contribution in [0.25, 0.3) is 0 Å². The first kappa shape index (κ1) is 11.3. The highest BCUT2D eigenvalue weighted by Gasteiger charge is 2.26. The normalized spacial score (nSPS) is 13.9. The van der Waals surface area contributed by atoms with Crippen LogP contribution in [0.3, 0.4) is 0 Å². The average molecular weight is 308 g/mol. The number of hydrogen-bond acceptors (Lipinski definition) is 3. The van der Waals surface area contributed by atoms with Gasteiger partial charge < -0.3 is 9.15 Å². The van der Waals surface area contributed by atoms with Crippen LogP contribution in [0, 0.1) is 0 Å². The van der Waals surface area contributed by atoms with Crippen LogP contribution >= 0.6 is 15.9 Å². The largest absolute Gasteiger partial charge is 0.490 e. The molecule has 0 unspecified atom stereocenters. The Morgan fingerprint density at radius 3 is 3.00 bits per heavy atom. The maximum Gasteiger partial charge on any atom is 0.294 e. The minimum Gasteiger partial charge on any atom is -0.490 e. The van der Waals surface area contributed by atoms with Gasteiger partial charge in [0.15, 0.2) is 5.76 Å². The van der Waals surface area contributed by atoms with Crippen molar-refractivity contribution in [2.24, 2.45) is 0 Å². The van der Waals surface area contributed by atoms with Crippen LogP contribution in [0.5, 0.6) is 5.75 Å². The molecular weight excluding hydrogens is 298 g/mol. The summed E-state index contributed by atoms with van der Waals surface area (Å²) in [5.74, 6) is 0.898. The molecule has 18 heavy (non-hydrogen) atoms. The summed E-state index contributed by atoms with van der Waals surface area (Å²) in [4.78, 5) is 14.0. The Kier molecular flexibility index (Phi) is 2.83. The molecule has 2 aromatic rings. The summed E-state index contributed by atoms with van der Waals surface area (Å²) < 4.78 is 11.6.